The molecule has 0 bridgehead atoms. The molecule has 1 aliphatic carbocycles. The number of carbonyl (C=O) groups is 2. The van der Waals surface area contributed by atoms with E-state index < -0.39 is 0 Å². The summed E-state index contributed by atoms with van der Waals surface area (Å²) in [5, 5.41) is 6.36. The number of carbonyl (C=O) groups excluding carboxylic acids is 2. The summed E-state index contributed by atoms with van der Waals surface area (Å²) in [5.74, 6) is 0.00998. The molecule has 5 heteroatoms. The van der Waals surface area contributed by atoms with Crippen LogP contribution in [-0.4, -0.2) is 24.4 Å². The summed E-state index contributed by atoms with van der Waals surface area (Å²) in [6.07, 6.45) is 15.5. The number of rotatable bonds is 12. The van der Waals surface area contributed by atoms with Crippen LogP contribution in [0.5, 0.6) is 0 Å². The van der Waals surface area contributed by atoms with E-state index in [1.807, 2.05) is 18.2 Å². The van der Waals surface area contributed by atoms with Gasteiger partial charge in [0.05, 0.1) is 5.56 Å². The van der Waals surface area contributed by atoms with Crippen molar-refractivity contribution >= 4 is 23.2 Å². The Kier molecular flexibility index (Phi) is 10.5. The van der Waals surface area contributed by atoms with Gasteiger partial charge in [-0.05, 0) is 55.0 Å². The largest absolute Gasteiger partial charge is 0.366 e. The molecule has 0 saturated heterocycles. The lowest BCUT2D eigenvalue weighted by molar-refractivity contribution is -0.116. The Morgan fingerprint density at radius 3 is 2.41 bits per heavy atom. The molecule has 37 heavy (non-hydrogen) atoms. The predicted molar refractivity (Wildman–Crippen MR) is 153 cm³/mol. The van der Waals surface area contributed by atoms with Crippen LogP contribution in [-0.2, 0) is 17.8 Å². The van der Waals surface area contributed by atoms with Gasteiger partial charge >= 0.3 is 0 Å². The molecule has 2 amide bonds. The van der Waals surface area contributed by atoms with E-state index in [4.69, 9.17) is 0 Å². The van der Waals surface area contributed by atoms with Crippen LogP contribution in [0.3, 0.4) is 0 Å². The third kappa shape index (κ3) is 8.08. The number of nitrogens with one attached hydrogen (secondary N) is 2. The summed E-state index contributed by atoms with van der Waals surface area (Å²) in [6.45, 7) is 3.90. The van der Waals surface area contributed by atoms with Crippen molar-refractivity contribution in [3.63, 3.8) is 0 Å². The molecular formula is C32H45N3O2. The van der Waals surface area contributed by atoms with Gasteiger partial charge in [0.25, 0.3) is 5.91 Å². The summed E-state index contributed by atoms with van der Waals surface area (Å²) in [6, 6.07) is 14.7. The minimum Gasteiger partial charge on any atom is -0.366 e. The highest BCUT2D eigenvalue weighted by molar-refractivity contribution is 6.02. The third-order valence-corrected chi connectivity index (χ3v) is 7.94. The van der Waals surface area contributed by atoms with Gasteiger partial charge in [0.15, 0.2) is 0 Å². The number of unbranched alkanes of at least 4 members (excludes halogenated alkanes) is 6. The molecular weight excluding hydrogens is 458 g/mol. The maximum atomic E-state index is 13.5. The fraction of sp³-hybridized carbons (Fsp3) is 0.562. The van der Waals surface area contributed by atoms with Crippen LogP contribution in [0.15, 0.2) is 42.5 Å². The average molecular weight is 504 g/mol. The minimum atomic E-state index is -0.0241. The Bertz CT molecular complexity index is 1030. The summed E-state index contributed by atoms with van der Waals surface area (Å²) in [7, 11) is 0. The summed E-state index contributed by atoms with van der Waals surface area (Å²) < 4.78 is 0. The quantitative estimate of drug-likeness (QED) is 0.297. The highest BCUT2D eigenvalue weighted by Crippen LogP contribution is 2.30. The van der Waals surface area contributed by atoms with E-state index in [-0.39, 0.29) is 17.9 Å². The van der Waals surface area contributed by atoms with Crippen LogP contribution in [0, 0.1) is 0 Å². The molecule has 4 rings (SSSR count). The summed E-state index contributed by atoms with van der Waals surface area (Å²) in [4.78, 5) is 28.5. The summed E-state index contributed by atoms with van der Waals surface area (Å²) >= 11 is 0. The lowest BCUT2D eigenvalue weighted by Crippen LogP contribution is -2.38. The Morgan fingerprint density at radius 1 is 0.892 bits per heavy atom. The van der Waals surface area contributed by atoms with Crippen LogP contribution in [0.1, 0.15) is 112 Å². The summed E-state index contributed by atoms with van der Waals surface area (Å²) in [5.41, 5.74) is 5.04. The van der Waals surface area contributed by atoms with E-state index in [1.165, 1.54) is 62.5 Å². The van der Waals surface area contributed by atoms with Gasteiger partial charge < -0.3 is 15.5 Å². The van der Waals surface area contributed by atoms with Gasteiger partial charge in [-0.25, -0.2) is 0 Å². The molecule has 2 N–H and O–H groups in total. The molecule has 2 aromatic rings. The van der Waals surface area contributed by atoms with E-state index in [0.717, 1.165) is 50.9 Å². The number of benzene rings is 2. The Hall–Kier alpha value is -2.82. The van der Waals surface area contributed by atoms with Gasteiger partial charge in [-0.15, -0.1) is 0 Å². The van der Waals surface area contributed by atoms with Crippen molar-refractivity contribution in [1.29, 1.82) is 0 Å². The fourth-order valence-electron chi connectivity index (χ4n) is 5.75. The Balaban J connectivity index is 1.42. The molecule has 1 fully saturated rings. The zero-order valence-corrected chi connectivity index (χ0v) is 22.7. The SMILES string of the molecule is CCCCCCCCCC(=O)Nc1ccc(N2CCc3ccccc3C2)c(C(=O)NC2CCCCC2)c1. The third-order valence-electron chi connectivity index (χ3n) is 7.94. The van der Waals surface area contributed by atoms with Gasteiger partial charge in [0.2, 0.25) is 5.91 Å². The van der Waals surface area contributed by atoms with Gasteiger partial charge in [-0.3, -0.25) is 9.59 Å². The van der Waals surface area contributed by atoms with Gasteiger partial charge in [-0.2, -0.15) is 0 Å². The number of fused-ring (bicyclic) bond motifs is 1. The Labute approximate surface area is 223 Å². The lowest BCUT2D eigenvalue weighted by Gasteiger charge is -2.32. The first-order valence-corrected chi connectivity index (χ1v) is 14.7. The van der Waals surface area contributed by atoms with Crippen molar-refractivity contribution in [2.45, 2.75) is 109 Å². The van der Waals surface area contributed by atoms with Crippen LogP contribution in [0.4, 0.5) is 11.4 Å². The monoisotopic (exact) mass is 503 g/mol. The van der Waals surface area contributed by atoms with Crippen LogP contribution in [0.2, 0.25) is 0 Å². The second kappa shape index (κ2) is 14.2. The first-order valence-electron chi connectivity index (χ1n) is 14.7. The molecule has 1 heterocycles. The molecule has 1 saturated carbocycles. The molecule has 0 radical (unpaired) electrons. The normalized spacial score (nSPS) is 15.8. The molecule has 0 unspecified atom stereocenters. The predicted octanol–water partition coefficient (Wildman–Crippen LogP) is 7.39. The molecule has 1 aliphatic heterocycles. The van der Waals surface area contributed by atoms with Crippen molar-refractivity contribution in [3.05, 3.63) is 59.2 Å². The maximum absolute atomic E-state index is 13.5. The number of hydrogen-bond acceptors (Lipinski definition) is 3. The Morgan fingerprint density at radius 2 is 1.62 bits per heavy atom. The van der Waals surface area contributed by atoms with Crippen molar-refractivity contribution < 1.29 is 9.59 Å². The highest BCUT2D eigenvalue weighted by Gasteiger charge is 2.24. The number of hydrogen-bond donors (Lipinski definition) is 2. The smallest absolute Gasteiger partial charge is 0.253 e. The van der Waals surface area contributed by atoms with Crippen LogP contribution in [0.25, 0.3) is 0 Å². The van der Waals surface area contributed by atoms with E-state index in [0.29, 0.717) is 17.7 Å². The topological polar surface area (TPSA) is 61.4 Å². The fourth-order valence-corrected chi connectivity index (χ4v) is 5.75. The zero-order valence-electron chi connectivity index (χ0n) is 22.7. The number of amides is 2. The van der Waals surface area contributed by atoms with Crippen LogP contribution >= 0.6 is 0 Å². The average Bonchev–Trinajstić information content (AvgIpc) is 2.93. The first-order chi connectivity index (χ1) is 18.1. The van der Waals surface area contributed by atoms with Gasteiger partial charge in [-0.1, -0.05) is 89.0 Å². The van der Waals surface area contributed by atoms with Crippen molar-refractivity contribution in [3.8, 4) is 0 Å². The lowest BCUT2D eigenvalue weighted by atomic mass is 9.95. The second-order valence-corrected chi connectivity index (χ2v) is 10.9. The van der Waals surface area contributed by atoms with E-state index in [1.54, 1.807) is 0 Å². The van der Waals surface area contributed by atoms with E-state index in [2.05, 4.69) is 46.7 Å². The van der Waals surface area contributed by atoms with Crippen molar-refractivity contribution in [2.75, 3.05) is 16.8 Å². The molecule has 0 spiro atoms. The molecule has 200 valence electrons. The first kappa shape index (κ1) is 27.2. The van der Waals surface area contributed by atoms with Crippen molar-refractivity contribution in [1.82, 2.24) is 5.32 Å². The molecule has 2 aromatic carbocycles. The molecule has 0 aromatic heterocycles. The standard InChI is InChI=1S/C32H45N3O2/c1-2-3-4-5-6-7-11-18-31(36)33-28-19-20-30(35-22-21-25-14-12-13-15-26(25)24-35)29(23-28)32(37)34-27-16-9-8-10-17-27/h12-15,19-20,23,27H,2-11,16-18,21-22,24H2,1H3,(H,33,36)(H,34,37). The maximum Gasteiger partial charge on any atom is 0.253 e. The number of nitrogens with zero attached hydrogens (tertiary/aromatic N) is 1. The van der Waals surface area contributed by atoms with E-state index >= 15 is 0 Å². The van der Waals surface area contributed by atoms with Gasteiger partial charge in [0, 0.05) is 36.9 Å². The zero-order chi connectivity index (χ0) is 25.9. The number of anilines is 2. The minimum absolute atomic E-state index is 0.0241. The highest BCUT2D eigenvalue weighted by atomic mass is 16.2. The second-order valence-electron chi connectivity index (χ2n) is 10.9. The van der Waals surface area contributed by atoms with Gasteiger partial charge in [0.1, 0.15) is 0 Å². The van der Waals surface area contributed by atoms with Crippen molar-refractivity contribution in [2.24, 2.45) is 0 Å². The molecule has 0 atom stereocenters. The van der Waals surface area contributed by atoms with Crippen LogP contribution < -0.4 is 15.5 Å². The molecule has 2 aliphatic rings. The van der Waals surface area contributed by atoms with E-state index in [9.17, 15) is 9.59 Å². The molecule has 5 nitrogen and oxygen atoms in total.